The van der Waals surface area contributed by atoms with Gasteiger partial charge in [-0.3, -0.25) is 4.79 Å². The monoisotopic (exact) mass is 225 g/mol. The molecule has 5 nitrogen and oxygen atoms in total. The van der Waals surface area contributed by atoms with E-state index in [1.165, 1.54) is 6.92 Å². The van der Waals surface area contributed by atoms with E-state index in [9.17, 15) is 4.79 Å². The fourth-order valence-electron chi connectivity index (χ4n) is 1.47. The van der Waals surface area contributed by atoms with Crippen LogP contribution >= 0.6 is 0 Å². The molecule has 1 aromatic carbocycles. The quantitative estimate of drug-likeness (QED) is 0.468. The number of carbonyl (C=O) groups excluding carboxylic acids is 1. The van der Waals surface area contributed by atoms with Crippen molar-refractivity contribution in [3.8, 4) is 0 Å². The number of carbonyl (C=O) groups is 1. The lowest BCUT2D eigenvalue weighted by atomic mass is 10.1. The number of nitrogens with one attached hydrogen (secondary N) is 1. The van der Waals surface area contributed by atoms with Crippen molar-refractivity contribution >= 4 is 11.7 Å². The van der Waals surface area contributed by atoms with E-state index in [-0.39, 0.29) is 5.97 Å². The third-order valence-corrected chi connectivity index (χ3v) is 2.15. The molecule has 1 unspecified atom stereocenters. The summed E-state index contributed by atoms with van der Waals surface area (Å²) < 4.78 is 5.05. The maximum atomic E-state index is 10.8. The van der Waals surface area contributed by atoms with Gasteiger partial charge in [-0.2, -0.15) is 0 Å². The van der Waals surface area contributed by atoms with E-state index in [0.29, 0.717) is 5.69 Å². The van der Waals surface area contributed by atoms with Gasteiger partial charge in [0.05, 0.1) is 5.69 Å². The zero-order chi connectivity index (χ0) is 12.1. The van der Waals surface area contributed by atoms with Crippen molar-refractivity contribution < 1.29 is 19.8 Å². The van der Waals surface area contributed by atoms with Gasteiger partial charge in [-0.15, -0.1) is 4.99 Å². The normalized spacial score (nSPS) is 12.0. The second-order valence-corrected chi connectivity index (χ2v) is 3.54. The highest BCUT2D eigenvalue weighted by Gasteiger charge is 2.13. The summed E-state index contributed by atoms with van der Waals surface area (Å²) in [5.41, 5.74) is 4.63. The largest absolute Gasteiger partial charge is 0.458 e. The summed E-state index contributed by atoms with van der Waals surface area (Å²) >= 11 is 0. The Balaban J connectivity index is 2.96. The molecule has 0 fully saturated rings. The van der Waals surface area contributed by atoms with Crippen molar-refractivity contribution in [1.29, 1.82) is 0 Å². The minimum absolute atomic E-state index is 0.357. The summed E-state index contributed by atoms with van der Waals surface area (Å²) in [5.74, 6) is -0.357. The van der Waals surface area contributed by atoms with Crippen LogP contribution in [0.3, 0.4) is 0 Å². The van der Waals surface area contributed by atoms with Crippen molar-refractivity contribution in [2.24, 2.45) is 0 Å². The first-order valence-electron chi connectivity index (χ1n) is 4.88. The summed E-state index contributed by atoms with van der Waals surface area (Å²) in [7, 11) is 0. The van der Waals surface area contributed by atoms with Gasteiger partial charge in [0.25, 0.3) is 0 Å². The van der Waals surface area contributed by atoms with Crippen LogP contribution in [0, 0.1) is 6.92 Å². The fourth-order valence-corrected chi connectivity index (χ4v) is 1.47. The van der Waals surface area contributed by atoms with Crippen LogP contribution in [0.2, 0.25) is 0 Å². The van der Waals surface area contributed by atoms with Crippen LogP contribution in [0.15, 0.2) is 18.2 Å². The zero-order valence-electron chi connectivity index (χ0n) is 9.48. The van der Waals surface area contributed by atoms with Gasteiger partial charge in [-0.1, -0.05) is 12.1 Å². The van der Waals surface area contributed by atoms with Crippen molar-refractivity contribution in [2.45, 2.75) is 26.9 Å². The Morgan fingerprint density at radius 3 is 2.75 bits per heavy atom. The molecule has 0 saturated heterocycles. The first-order valence-corrected chi connectivity index (χ1v) is 4.88. The smallest absolute Gasteiger partial charge is 0.303 e. The van der Waals surface area contributed by atoms with E-state index in [2.05, 4.69) is 10.5 Å². The standard InChI is InChI=1S/C11H15NO4/c1-7-4-5-10(8(2)15-9(3)13)11(6-7)12-16-14/h4-6,8,12,14H,1-3H3. The molecule has 0 radical (unpaired) electrons. The van der Waals surface area contributed by atoms with Gasteiger partial charge >= 0.3 is 5.97 Å². The fraction of sp³-hybridized carbons (Fsp3) is 0.364. The van der Waals surface area contributed by atoms with E-state index in [1.807, 2.05) is 19.1 Å². The average Bonchev–Trinajstić information content (AvgIpc) is 2.17. The van der Waals surface area contributed by atoms with Crippen molar-refractivity contribution in [2.75, 3.05) is 5.48 Å². The molecule has 0 heterocycles. The predicted molar refractivity (Wildman–Crippen MR) is 58.7 cm³/mol. The topological polar surface area (TPSA) is 67.8 Å². The van der Waals surface area contributed by atoms with Gasteiger partial charge in [-0.25, -0.2) is 10.7 Å². The highest BCUT2D eigenvalue weighted by molar-refractivity contribution is 5.67. The summed E-state index contributed by atoms with van der Waals surface area (Å²) in [4.78, 5) is 14.7. The molecule has 0 aliphatic rings. The lowest BCUT2D eigenvalue weighted by Crippen LogP contribution is -2.08. The SMILES string of the molecule is CC(=O)OC(C)c1ccc(C)cc1NOO. The highest BCUT2D eigenvalue weighted by atomic mass is 17.2. The van der Waals surface area contributed by atoms with Crippen LogP contribution < -0.4 is 5.48 Å². The van der Waals surface area contributed by atoms with Crippen LogP contribution in [-0.4, -0.2) is 11.2 Å². The lowest BCUT2D eigenvalue weighted by molar-refractivity contribution is -0.215. The van der Waals surface area contributed by atoms with Gasteiger partial charge < -0.3 is 4.74 Å². The molecule has 5 heteroatoms. The maximum Gasteiger partial charge on any atom is 0.303 e. The number of aryl methyl sites for hydroxylation is 1. The molecule has 1 rings (SSSR count). The number of hydrogen-bond donors (Lipinski definition) is 2. The number of benzene rings is 1. The Labute approximate surface area is 93.9 Å². The molecule has 1 aromatic rings. The first kappa shape index (κ1) is 12.5. The number of hydrogen-bond acceptors (Lipinski definition) is 5. The second-order valence-electron chi connectivity index (χ2n) is 3.54. The molecule has 2 N–H and O–H groups in total. The molecule has 88 valence electrons. The van der Waals surface area contributed by atoms with E-state index < -0.39 is 6.10 Å². The Kier molecular flexibility index (Phi) is 4.28. The third-order valence-electron chi connectivity index (χ3n) is 2.15. The average molecular weight is 225 g/mol. The van der Waals surface area contributed by atoms with Crippen LogP contribution in [0.25, 0.3) is 0 Å². The molecule has 0 aliphatic carbocycles. The number of rotatable bonds is 4. The molecular weight excluding hydrogens is 210 g/mol. The number of esters is 1. The summed E-state index contributed by atoms with van der Waals surface area (Å²) in [6, 6.07) is 5.48. The molecule has 0 amide bonds. The molecule has 1 atom stereocenters. The number of anilines is 1. The van der Waals surface area contributed by atoms with Crippen molar-refractivity contribution in [3.05, 3.63) is 29.3 Å². The second kappa shape index (κ2) is 5.48. The molecule has 0 saturated carbocycles. The van der Waals surface area contributed by atoms with Crippen LogP contribution in [0.4, 0.5) is 5.69 Å². The van der Waals surface area contributed by atoms with Gasteiger partial charge in [0.2, 0.25) is 0 Å². The zero-order valence-corrected chi connectivity index (χ0v) is 9.48. The van der Waals surface area contributed by atoms with Gasteiger partial charge in [-0.05, 0) is 25.5 Å². The minimum Gasteiger partial charge on any atom is -0.458 e. The predicted octanol–water partition coefficient (Wildman–Crippen LogP) is 2.44. The van der Waals surface area contributed by atoms with Crippen LogP contribution in [0.1, 0.15) is 31.1 Å². The van der Waals surface area contributed by atoms with E-state index in [0.717, 1.165) is 11.1 Å². The summed E-state index contributed by atoms with van der Waals surface area (Å²) in [6.45, 7) is 5.00. The van der Waals surface area contributed by atoms with E-state index in [1.54, 1.807) is 13.0 Å². The molecule has 16 heavy (non-hydrogen) atoms. The van der Waals surface area contributed by atoms with E-state index in [4.69, 9.17) is 9.99 Å². The summed E-state index contributed by atoms with van der Waals surface area (Å²) in [6.07, 6.45) is -0.407. The highest BCUT2D eigenvalue weighted by Crippen LogP contribution is 2.26. The Morgan fingerprint density at radius 2 is 2.19 bits per heavy atom. The van der Waals surface area contributed by atoms with Crippen LogP contribution in [-0.2, 0) is 14.5 Å². The molecule has 0 spiro atoms. The van der Waals surface area contributed by atoms with Crippen molar-refractivity contribution in [3.63, 3.8) is 0 Å². The maximum absolute atomic E-state index is 10.8. The third kappa shape index (κ3) is 3.22. The first-order chi connectivity index (χ1) is 7.54. The molecule has 0 aromatic heterocycles. The molecule has 0 aliphatic heterocycles. The van der Waals surface area contributed by atoms with Gasteiger partial charge in [0, 0.05) is 12.5 Å². The Bertz CT molecular complexity index is 378. The Morgan fingerprint density at radius 1 is 1.50 bits per heavy atom. The number of ether oxygens (including phenoxy) is 1. The van der Waals surface area contributed by atoms with Crippen molar-refractivity contribution in [1.82, 2.24) is 0 Å². The van der Waals surface area contributed by atoms with Crippen LogP contribution in [0.5, 0.6) is 0 Å². The van der Waals surface area contributed by atoms with Gasteiger partial charge in [0.1, 0.15) is 6.10 Å². The lowest BCUT2D eigenvalue weighted by Gasteiger charge is -2.16. The minimum atomic E-state index is -0.407. The van der Waals surface area contributed by atoms with E-state index >= 15 is 0 Å². The molecular formula is C11H15NO4. The Hall–Kier alpha value is -1.59. The van der Waals surface area contributed by atoms with Gasteiger partial charge in [0.15, 0.2) is 0 Å². The molecule has 0 bridgehead atoms. The summed E-state index contributed by atoms with van der Waals surface area (Å²) in [5, 5.41) is 8.38.